The molecule has 0 bridgehead atoms. The summed E-state index contributed by atoms with van der Waals surface area (Å²) >= 11 is 0. The Hall–Kier alpha value is -2.44. The molecule has 2 aromatic rings. The molecule has 0 atom stereocenters. The first-order valence-corrected chi connectivity index (χ1v) is 7.95. The first-order valence-electron chi connectivity index (χ1n) is 7.95. The highest BCUT2D eigenvalue weighted by Gasteiger charge is 2.36. The zero-order chi connectivity index (χ0) is 17.6. The number of carbonyl (C=O) groups excluding carboxylic acids is 1. The first-order chi connectivity index (χ1) is 11.2. The standard InChI is InChI=1S/C17H23N3O4/c1-17(2,3)24-16(22)19-9-11(10-19)12-7-6-8-13-14(12)18(4)15(21)20(13)23-5/h6-8,11H,9-10H2,1-5H3. The van der Waals surface area contributed by atoms with Crippen molar-refractivity contribution in [3.8, 4) is 0 Å². The van der Waals surface area contributed by atoms with Crippen LogP contribution in [0.15, 0.2) is 23.0 Å². The average Bonchev–Trinajstić information content (AvgIpc) is 2.67. The van der Waals surface area contributed by atoms with Crippen molar-refractivity contribution in [1.29, 1.82) is 0 Å². The quantitative estimate of drug-likeness (QED) is 0.839. The van der Waals surface area contributed by atoms with Gasteiger partial charge in [0, 0.05) is 26.1 Å². The van der Waals surface area contributed by atoms with Crippen molar-refractivity contribution < 1.29 is 14.4 Å². The number of ether oxygens (including phenoxy) is 1. The highest BCUT2D eigenvalue weighted by atomic mass is 16.7. The van der Waals surface area contributed by atoms with Crippen LogP contribution in [0.3, 0.4) is 0 Å². The van der Waals surface area contributed by atoms with E-state index < -0.39 is 5.60 Å². The smallest absolute Gasteiger partial charge is 0.410 e. The minimum absolute atomic E-state index is 0.180. The second-order valence-electron chi connectivity index (χ2n) is 7.12. The Morgan fingerprint density at radius 2 is 1.92 bits per heavy atom. The van der Waals surface area contributed by atoms with Crippen LogP contribution in [0, 0.1) is 0 Å². The number of benzene rings is 1. The van der Waals surface area contributed by atoms with E-state index >= 15 is 0 Å². The Balaban J connectivity index is 1.86. The molecule has 1 aromatic carbocycles. The van der Waals surface area contributed by atoms with Crippen LogP contribution < -0.4 is 10.5 Å². The summed E-state index contributed by atoms with van der Waals surface area (Å²) in [6, 6.07) is 5.76. The van der Waals surface area contributed by atoms with E-state index in [1.54, 1.807) is 16.5 Å². The number of aromatic nitrogens is 2. The van der Waals surface area contributed by atoms with Crippen LogP contribution in [0.1, 0.15) is 32.3 Å². The number of aryl methyl sites for hydroxylation is 1. The van der Waals surface area contributed by atoms with Crippen molar-refractivity contribution in [2.45, 2.75) is 32.3 Å². The number of rotatable bonds is 2. The molecule has 1 aliphatic rings. The molecule has 1 saturated heterocycles. The SMILES string of the molecule is COn1c(=O)n(C)c2c(C3CN(C(=O)OC(C)(C)C)C3)cccc21. The molecule has 0 aliphatic carbocycles. The Labute approximate surface area is 140 Å². The van der Waals surface area contributed by atoms with E-state index in [4.69, 9.17) is 9.57 Å². The molecule has 0 N–H and O–H groups in total. The molecule has 7 heteroatoms. The summed E-state index contributed by atoms with van der Waals surface area (Å²) in [6.07, 6.45) is -0.297. The van der Waals surface area contributed by atoms with Gasteiger partial charge in [0.15, 0.2) is 0 Å². The zero-order valence-electron chi connectivity index (χ0n) is 14.7. The third-order valence-corrected chi connectivity index (χ3v) is 4.22. The third kappa shape index (κ3) is 2.64. The molecular weight excluding hydrogens is 310 g/mol. The molecule has 130 valence electrons. The molecule has 0 saturated carbocycles. The predicted octanol–water partition coefficient (Wildman–Crippen LogP) is 1.73. The highest BCUT2D eigenvalue weighted by Crippen LogP contribution is 2.32. The Morgan fingerprint density at radius 1 is 1.25 bits per heavy atom. The monoisotopic (exact) mass is 333 g/mol. The molecule has 2 heterocycles. The maximum absolute atomic E-state index is 12.2. The summed E-state index contributed by atoms with van der Waals surface area (Å²) in [5, 5.41) is 0. The predicted molar refractivity (Wildman–Crippen MR) is 90.2 cm³/mol. The lowest BCUT2D eigenvalue weighted by Crippen LogP contribution is -2.50. The number of amides is 1. The van der Waals surface area contributed by atoms with Crippen molar-refractivity contribution in [1.82, 2.24) is 14.2 Å². The van der Waals surface area contributed by atoms with Gasteiger partial charge in [-0.15, -0.1) is 4.73 Å². The van der Waals surface area contributed by atoms with E-state index in [9.17, 15) is 9.59 Å². The van der Waals surface area contributed by atoms with Crippen molar-refractivity contribution in [2.75, 3.05) is 20.2 Å². The van der Waals surface area contributed by atoms with Crippen LogP contribution in [0.4, 0.5) is 4.79 Å². The first kappa shape index (κ1) is 16.4. The minimum atomic E-state index is -0.498. The fourth-order valence-electron chi connectivity index (χ4n) is 3.07. The van der Waals surface area contributed by atoms with Crippen molar-refractivity contribution in [3.63, 3.8) is 0 Å². The number of hydrogen-bond acceptors (Lipinski definition) is 4. The molecule has 1 fully saturated rings. The maximum Gasteiger partial charge on any atom is 0.410 e. The van der Waals surface area contributed by atoms with Crippen molar-refractivity contribution in [2.24, 2.45) is 7.05 Å². The Bertz CT molecular complexity index is 838. The van der Waals surface area contributed by atoms with Gasteiger partial charge in [-0.1, -0.05) is 12.1 Å². The van der Waals surface area contributed by atoms with E-state index in [0.29, 0.717) is 13.1 Å². The average molecular weight is 333 g/mol. The number of likely N-dealkylation sites (tertiary alicyclic amines) is 1. The second-order valence-corrected chi connectivity index (χ2v) is 7.12. The zero-order valence-corrected chi connectivity index (χ0v) is 14.7. The van der Waals surface area contributed by atoms with Crippen LogP contribution in [0.2, 0.25) is 0 Å². The number of imidazole rings is 1. The fourth-order valence-corrected chi connectivity index (χ4v) is 3.07. The van der Waals surface area contributed by atoms with Crippen molar-refractivity contribution >= 4 is 17.1 Å². The van der Waals surface area contributed by atoms with Gasteiger partial charge in [-0.3, -0.25) is 4.57 Å². The third-order valence-electron chi connectivity index (χ3n) is 4.22. The number of carbonyl (C=O) groups is 1. The molecular formula is C17H23N3O4. The van der Waals surface area contributed by atoms with Gasteiger partial charge < -0.3 is 14.5 Å². The van der Waals surface area contributed by atoms with Gasteiger partial charge in [-0.05, 0) is 32.4 Å². The van der Waals surface area contributed by atoms with E-state index in [2.05, 4.69) is 0 Å². The molecule has 0 spiro atoms. The van der Waals surface area contributed by atoms with Gasteiger partial charge in [0.2, 0.25) is 0 Å². The molecule has 3 rings (SSSR count). The van der Waals surface area contributed by atoms with E-state index in [1.165, 1.54) is 11.8 Å². The molecule has 24 heavy (non-hydrogen) atoms. The lowest BCUT2D eigenvalue weighted by molar-refractivity contribution is 0.00828. The molecule has 7 nitrogen and oxygen atoms in total. The summed E-state index contributed by atoms with van der Waals surface area (Å²) in [7, 11) is 3.20. The van der Waals surface area contributed by atoms with Gasteiger partial charge >= 0.3 is 11.8 Å². The topological polar surface area (TPSA) is 65.7 Å². The largest absolute Gasteiger partial charge is 0.444 e. The Morgan fingerprint density at radius 3 is 2.50 bits per heavy atom. The van der Waals surface area contributed by atoms with Crippen LogP contribution in [0.5, 0.6) is 0 Å². The van der Waals surface area contributed by atoms with Gasteiger partial charge in [0.1, 0.15) is 18.2 Å². The van der Waals surface area contributed by atoms with Crippen molar-refractivity contribution in [3.05, 3.63) is 34.2 Å². The van der Waals surface area contributed by atoms with Crippen LogP contribution in [0.25, 0.3) is 11.0 Å². The van der Waals surface area contributed by atoms with Crippen LogP contribution in [-0.4, -0.2) is 46.1 Å². The molecule has 0 unspecified atom stereocenters. The lowest BCUT2D eigenvalue weighted by Gasteiger charge is -2.40. The highest BCUT2D eigenvalue weighted by molar-refractivity contribution is 5.81. The molecule has 1 aromatic heterocycles. The van der Waals surface area contributed by atoms with Crippen LogP contribution in [-0.2, 0) is 11.8 Å². The Kier molecular flexibility index (Phi) is 3.81. The van der Waals surface area contributed by atoms with Gasteiger partial charge in [-0.25, -0.2) is 9.59 Å². The molecule has 1 aliphatic heterocycles. The summed E-state index contributed by atoms with van der Waals surface area (Å²) in [5.74, 6) is 0.180. The normalized spacial score (nSPS) is 15.5. The van der Waals surface area contributed by atoms with Gasteiger partial charge in [0.05, 0.1) is 5.52 Å². The van der Waals surface area contributed by atoms with E-state index in [1.807, 2.05) is 39.0 Å². The molecule has 0 radical (unpaired) electrons. The van der Waals surface area contributed by atoms with E-state index in [0.717, 1.165) is 16.6 Å². The maximum atomic E-state index is 12.2. The summed E-state index contributed by atoms with van der Waals surface area (Å²) < 4.78 is 8.25. The molecule has 1 amide bonds. The second kappa shape index (κ2) is 5.58. The summed E-state index contributed by atoms with van der Waals surface area (Å²) in [5.41, 5.74) is 1.91. The van der Waals surface area contributed by atoms with Gasteiger partial charge in [0.25, 0.3) is 0 Å². The van der Waals surface area contributed by atoms with E-state index in [-0.39, 0.29) is 17.7 Å². The van der Waals surface area contributed by atoms with Crippen LogP contribution >= 0.6 is 0 Å². The lowest BCUT2D eigenvalue weighted by atomic mass is 9.91. The summed E-state index contributed by atoms with van der Waals surface area (Å²) in [6.45, 7) is 6.73. The summed E-state index contributed by atoms with van der Waals surface area (Å²) in [4.78, 5) is 31.2. The fraction of sp³-hybridized carbons (Fsp3) is 0.529. The number of hydrogen-bond donors (Lipinski definition) is 0. The minimum Gasteiger partial charge on any atom is -0.444 e. The number of fused-ring (bicyclic) bond motifs is 1. The van der Waals surface area contributed by atoms with Gasteiger partial charge in [-0.2, -0.15) is 0 Å². The number of para-hydroxylation sites is 1. The number of nitrogens with zero attached hydrogens (tertiary/aromatic N) is 3.